The fourth-order valence-corrected chi connectivity index (χ4v) is 1.79. The van der Waals surface area contributed by atoms with Crippen LogP contribution in [0.5, 0.6) is 0 Å². The van der Waals surface area contributed by atoms with Gasteiger partial charge in [0.25, 0.3) is 5.79 Å². The molecule has 20 heavy (non-hydrogen) atoms. The van der Waals surface area contributed by atoms with Gasteiger partial charge in [0.05, 0.1) is 0 Å². The highest BCUT2D eigenvalue weighted by Gasteiger charge is 2.60. The summed E-state index contributed by atoms with van der Waals surface area (Å²) in [6.07, 6.45) is -10.2. The van der Waals surface area contributed by atoms with Gasteiger partial charge in [0.2, 0.25) is 0 Å². The molecule has 0 aromatic rings. The zero-order valence-electron chi connectivity index (χ0n) is 11.4. The minimum Gasteiger partial charge on any atom is -0.424 e. The molecule has 1 saturated carbocycles. The molecule has 1 fully saturated rings. The van der Waals surface area contributed by atoms with E-state index in [0.29, 0.717) is 5.57 Å². The fraction of sp³-hybridized carbons (Fsp3) is 0.750. The van der Waals surface area contributed by atoms with Crippen LogP contribution in [-0.2, 0) is 9.53 Å². The summed E-state index contributed by atoms with van der Waals surface area (Å²) in [7, 11) is 0. The number of allylic oxidation sites excluding steroid dienone is 1. The molecule has 6 N–H and O–H groups in total. The van der Waals surface area contributed by atoms with E-state index in [1.807, 2.05) is 0 Å². The first-order valence-electron chi connectivity index (χ1n) is 6.04. The van der Waals surface area contributed by atoms with Crippen LogP contribution in [0.2, 0.25) is 0 Å². The van der Waals surface area contributed by atoms with E-state index in [-0.39, 0.29) is 5.57 Å². The van der Waals surface area contributed by atoms with Gasteiger partial charge in [-0.05, 0) is 20.8 Å². The summed E-state index contributed by atoms with van der Waals surface area (Å²) >= 11 is 0. The Morgan fingerprint density at radius 3 is 1.65 bits per heavy atom. The zero-order valence-corrected chi connectivity index (χ0v) is 11.4. The van der Waals surface area contributed by atoms with Crippen molar-refractivity contribution in [3.63, 3.8) is 0 Å². The molecule has 0 spiro atoms. The van der Waals surface area contributed by atoms with E-state index < -0.39 is 42.3 Å². The third-order valence-corrected chi connectivity index (χ3v) is 3.51. The Kier molecular flexibility index (Phi) is 4.90. The maximum absolute atomic E-state index is 11.8. The van der Waals surface area contributed by atoms with Gasteiger partial charge < -0.3 is 35.4 Å². The Morgan fingerprint density at radius 2 is 1.30 bits per heavy atom. The normalized spacial score (nSPS) is 41.1. The lowest BCUT2D eigenvalue weighted by Gasteiger charge is -2.46. The van der Waals surface area contributed by atoms with E-state index >= 15 is 0 Å². The smallest absolute Gasteiger partial charge is 0.336 e. The first-order valence-corrected chi connectivity index (χ1v) is 6.04. The largest absolute Gasteiger partial charge is 0.424 e. The molecule has 0 bridgehead atoms. The van der Waals surface area contributed by atoms with Gasteiger partial charge in [-0.3, -0.25) is 0 Å². The number of esters is 1. The van der Waals surface area contributed by atoms with Crippen LogP contribution >= 0.6 is 0 Å². The van der Waals surface area contributed by atoms with Crippen LogP contribution in [0.25, 0.3) is 0 Å². The molecule has 8 heteroatoms. The van der Waals surface area contributed by atoms with Gasteiger partial charge >= 0.3 is 5.97 Å². The molecular weight excluding hydrogens is 272 g/mol. The average Bonchev–Trinajstić information content (AvgIpc) is 2.40. The number of carbonyl (C=O) groups excluding carboxylic acids is 1. The van der Waals surface area contributed by atoms with Crippen molar-refractivity contribution >= 4 is 5.97 Å². The molecule has 116 valence electrons. The van der Waals surface area contributed by atoms with Crippen LogP contribution in [0.4, 0.5) is 0 Å². The second-order valence-electron chi connectivity index (χ2n) is 5.13. The van der Waals surface area contributed by atoms with E-state index in [4.69, 9.17) is 0 Å². The average molecular weight is 292 g/mol. The van der Waals surface area contributed by atoms with Gasteiger partial charge in [-0.2, -0.15) is 0 Å². The van der Waals surface area contributed by atoms with Crippen molar-refractivity contribution in [2.45, 2.75) is 57.1 Å². The Hall–Kier alpha value is -1.03. The maximum Gasteiger partial charge on any atom is 0.336 e. The number of aliphatic hydroxyl groups is 6. The molecule has 0 aliphatic heterocycles. The molecule has 0 unspecified atom stereocenters. The Labute approximate surface area is 115 Å². The van der Waals surface area contributed by atoms with Gasteiger partial charge in [-0.15, -0.1) is 0 Å². The number of carbonyl (C=O) groups is 1. The summed E-state index contributed by atoms with van der Waals surface area (Å²) in [5.74, 6) is -3.95. The predicted molar refractivity (Wildman–Crippen MR) is 65.1 cm³/mol. The molecule has 6 atom stereocenters. The van der Waals surface area contributed by atoms with E-state index in [1.54, 1.807) is 13.8 Å². The van der Waals surface area contributed by atoms with Crippen LogP contribution in [-0.4, -0.2) is 72.9 Å². The summed E-state index contributed by atoms with van der Waals surface area (Å²) in [4.78, 5) is 11.8. The van der Waals surface area contributed by atoms with Gasteiger partial charge in [0.15, 0.2) is 12.2 Å². The van der Waals surface area contributed by atoms with E-state index in [0.717, 1.165) is 0 Å². The van der Waals surface area contributed by atoms with Crippen LogP contribution < -0.4 is 0 Å². The van der Waals surface area contributed by atoms with Crippen molar-refractivity contribution in [1.29, 1.82) is 0 Å². The molecule has 1 aliphatic carbocycles. The third kappa shape index (κ3) is 2.71. The van der Waals surface area contributed by atoms with Gasteiger partial charge in [0.1, 0.15) is 18.3 Å². The first-order chi connectivity index (χ1) is 9.04. The van der Waals surface area contributed by atoms with Crippen molar-refractivity contribution in [3.05, 3.63) is 11.1 Å². The minimum atomic E-state index is -2.92. The SMILES string of the molecule is CC(C)=C(C)C(=O)O[C@]1(O)[C@H](O)[C@H](O)[C@@H](O)[C@H](O)[C@H]1O. The predicted octanol–water partition coefficient (Wildman–Crippen LogP) is -2.61. The lowest BCUT2D eigenvalue weighted by atomic mass is 9.82. The molecule has 8 nitrogen and oxygen atoms in total. The number of hydrogen-bond acceptors (Lipinski definition) is 8. The highest BCUT2D eigenvalue weighted by atomic mass is 16.7. The Morgan fingerprint density at radius 1 is 0.900 bits per heavy atom. The molecule has 0 amide bonds. The van der Waals surface area contributed by atoms with E-state index in [1.165, 1.54) is 6.92 Å². The molecule has 0 radical (unpaired) electrons. The zero-order chi connectivity index (χ0) is 15.8. The first kappa shape index (κ1) is 17.0. The molecule has 0 saturated heterocycles. The van der Waals surface area contributed by atoms with E-state index in [2.05, 4.69) is 4.74 Å². The highest BCUT2D eigenvalue weighted by Crippen LogP contribution is 2.32. The van der Waals surface area contributed by atoms with Crippen molar-refractivity contribution in [1.82, 2.24) is 0 Å². The third-order valence-electron chi connectivity index (χ3n) is 3.51. The van der Waals surface area contributed by atoms with Crippen molar-refractivity contribution in [2.75, 3.05) is 0 Å². The van der Waals surface area contributed by atoms with Gasteiger partial charge in [-0.1, -0.05) is 5.57 Å². The van der Waals surface area contributed by atoms with Gasteiger partial charge in [-0.25, -0.2) is 4.79 Å². The fourth-order valence-electron chi connectivity index (χ4n) is 1.79. The highest BCUT2D eigenvalue weighted by molar-refractivity contribution is 5.88. The van der Waals surface area contributed by atoms with Crippen molar-refractivity contribution < 1.29 is 40.2 Å². The summed E-state index contributed by atoms with van der Waals surface area (Å²) < 4.78 is 4.64. The number of aliphatic hydroxyl groups excluding tert-OH is 5. The Bertz CT molecular complexity index is 398. The second-order valence-corrected chi connectivity index (χ2v) is 5.13. The lowest BCUT2D eigenvalue weighted by molar-refractivity contribution is -0.346. The van der Waals surface area contributed by atoms with Crippen molar-refractivity contribution in [2.24, 2.45) is 0 Å². The summed E-state index contributed by atoms with van der Waals surface area (Å²) in [5.41, 5.74) is 0.715. The molecular formula is C12H20O8. The minimum absolute atomic E-state index is 0.132. The van der Waals surface area contributed by atoms with Crippen LogP contribution in [0, 0.1) is 0 Å². The summed E-state index contributed by atoms with van der Waals surface area (Å²) in [5, 5.41) is 57.8. The van der Waals surface area contributed by atoms with Crippen molar-refractivity contribution in [3.8, 4) is 0 Å². The number of rotatable bonds is 2. The topological polar surface area (TPSA) is 148 Å². The number of hydrogen-bond donors (Lipinski definition) is 6. The molecule has 1 rings (SSSR count). The van der Waals surface area contributed by atoms with Crippen LogP contribution in [0.15, 0.2) is 11.1 Å². The second kappa shape index (κ2) is 5.76. The van der Waals surface area contributed by atoms with Crippen LogP contribution in [0.3, 0.4) is 0 Å². The quantitative estimate of drug-likeness (QED) is 0.184. The summed E-state index contributed by atoms with van der Waals surface area (Å²) in [6.45, 7) is 4.63. The molecule has 0 heterocycles. The Balaban J connectivity index is 3.07. The maximum atomic E-state index is 11.8. The number of ether oxygens (including phenoxy) is 1. The van der Waals surface area contributed by atoms with E-state index in [9.17, 15) is 35.4 Å². The molecule has 0 aromatic carbocycles. The molecule has 0 aromatic heterocycles. The molecule has 1 aliphatic rings. The lowest BCUT2D eigenvalue weighted by Crippen LogP contribution is -2.72. The monoisotopic (exact) mass is 292 g/mol. The van der Waals surface area contributed by atoms with Crippen LogP contribution in [0.1, 0.15) is 20.8 Å². The summed E-state index contributed by atoms with van der Waals surface area (Å²) in [6, 6.07) is 0. The van der Waals surface area contributed by atoms with Gasteiger partial charge in [0, 0.05) is 5.57 Å². The standard InChI is InChI=1S/C12H20O8/c1-4(2)5(3)11(18)20-12(19)9(16)7(14)6(13)8(15)10(12)17/h6-10,13-17,19H,1-3H3/t6-,7-,8+,9-,10-,12-/m1/s1.